The molecule has 0 aliphatic carbocycles. The van der Waals surface area contributed by atoms with E-state index in [-0.39, 0.29) is 32.6 Å². The number of nitrogens with two attached hydrogens (primary N) is 1. The third-order valence-electron chi connectivity index (χ3n) is 10.7. The maximum atomic E-state index is 12.7. The van der Waals surface area contributed by atoms with Crippen molar-refractivity contribution >= 4 is 19.8 Å². The minimum Gasteiger partial charge on any atom is -0.462 e. The van der Waals surface area contributed by atoms with Crippen LogP contribution >= 0.6 is 7.82 Å². The summed E-state index contributed by atoms with van der Waals surface area (Å²) < 4.78 is 32.9. The monoisotopic (exact) mass is 1000 g/mol. The van der Waals surface area contributed by atoms with Crippen molar-refractivity contribution < 1.29 is 37.6 Å². The fraction of sp³-hybridized carbons (Fsp3) is 0.574. The molecule has 0 heterocycles. The maximum absolute atomic E-state index is 12.7. The molecule has 0 spiro atoms. The Balaban J connectivity index is 4.04. The van der Waals surface area contributed by atoms with E-state index in [2.05, 4.69) is 160 Å². The van der Waals surface area contributed by atoms with Crippen LogP contribution in [0.15, 0.2) is 146 Å². The Labute approximate surface area is 433 Å². The molecule has 10 heteroatoms. The fourth-order valence-electron chi connectivity index (χ4n) is 6.76. The first-order valence-corrected chi connectivity index (χ1v) is 28.8. The van der Waals surface area contributed by atoms with Crippen molar-refractivity contribution in [2.45, 2.75) is 200 Å². The van der Waals surface area contributed by atoms with Gasteiger partial charge in [0.2, 0.25) is 0 Å². The predicted octanol–water partition coefficient (Wildman–Crippen LogP) is 17.2. The summed E-state index contributed by atoms with van der Waals surface area (Å²) in [5.74, 6) is -0.894. The highest BCUT2D eigenvalue weighted by atomic mass is 31.2. The first-order chi connectivity index (χ1) is 34.8. The van der Waals surface area contributed by atoms with Crippen LogP contribution in [-0.2, 0) is 32.7 Å². The minimum atomic E-state index is -4.40. The summed E-state index contributed by atoms with van der Waals surface area (Å²) in [6.07, 6.45) is 79.1. The molecule has 0 bridgehead atoms. The molecule has 2 unspecified atom stereocenters. The van der Waals surface area contributed by atoms with Crippen molar-refractivity contribution in [2.24, 2.45) is 5.73 Å². The van der Waals surface area contributed by atoms with Crippen molar-refractivity contribution in [1.29, 1.82) is 0 Å². The summed E-state index contributed by atoms with van der Waals surface area (Å²) >= 11 is 0. The number of ether oxygens (including phenoxy) is 2. The molecule has 0 aromatic heterocycles. The van der Waals surface area contributed by atoms with E-state index >= 15 is 0 Å². The van der Waals surface area contributed by atoms with Gasteiger partial charge in [-0.3, -0.25) is 18.6 Å². The van der Waals surface area contributed by atoms with E-state index in [1.165, 1.54) is 38.5 Å². The molecule has 0 aromatic rings. The van der Waals surface area contributed by atoms with E-state index in [0.717, 1.165) is 116 Å². The lowest BCUT2D eigenvalue weighted by atomic mass is 10.0. The van der Waals surface area contributed by atoms with Gasteiger partial charge >= 0.3 is 19.8 Å². The Morgan fingerprint density at radius 3 is 1.11 bits per heavy atom. The third kappa shape index (κ3) is 55.1. The molecular weight excluding hydrogens is 906 g/mol. The maximum Gasteiger partial charge on any atom is 0.472 e. The Kier molecular flexibility index (Phi) is 52.0. The molecule has 0 aliphatic rings. The highest BCUT2D eigenvalue weighted by Gasteiger charge is 2.26. The van der Waals surface area contributed by atoms with Gasteiger partial charge in [-0.2, -0.15) is 0 Å². The van der Waals surface area contributed by atoms with Gasteiger partial charge in [0.25, 0.3) is 0 Å². The predicted molar refractivity (Wildman–Crippen MR) is 302 cm³/mol. The summed E-state index contributed by atoms with van der Waals surface area (Å²) in [6, 6.07) is 0. The Hall–Kier alpha value is -4.11. The van der Waals surface area contributed by atoms with Gasteiger partial charge in [-0.05, 0) is 116 Å². The largest absolute Gasteiger partial charge is 0.472 e. The lowest BCUT2D eigenvalue weighted by molar-refractivity contribution is -0.161. The SMILES string of the molecule is CC/C=C\C/C=C\C/C=C\C/C=C\C/C=C\C/C=C\C/C=C\C/C=C\CCCCCCCCCCCCC(=O)OC(COC(=O)CCCC/C=C\C/C=C\C/C=C\C/C=C\CC)COP(=O)(O)OCCN. The van der Waals surface area contributed by atoms with E-state index in [4.69, 9.17) is 24.3 Å². The molecule has 71 heavy (non-hydrogen) atoms. The quantitative estimate of drug-likeness (QED) is 0.0264. The van der Waals surface area contributed by atoms with Crippen LogP contribution in [0.1, 0.15) is 194 Å². The summed E-state index contributed by atoms with van der Waals surface area (Å²) in [5, 5.41) is 0. The van der Waals surface area contributed by atoms with Crippen molar-refractivity contribution in [3.63, 3.8) is 0 Å². The highest BCUT2D eigenvalue weighted by molar-refractivity contribution is 7.47. The van der Waals surface area contributed by atoms with Crippen molar-refractivity contribution in [2.75, 3.05) is 26.4 Å². The third-order valence-corrected chi connectivity index (χ3v) is 11.7. The van der Waals surface area contributed by atoms with Gasteiger partial charge in [0.1, 0.15) is 6.61 Å². The number of esters is 2. The second kappa shape index (κ2) is 55.2. The Morgan fingerprint density at radius 2 is 0.732 bits per heavy atom. The first-order valence-electron chi connectivity index (χ1n) is 27.3. The van der Waals surface area contributed by atoms with Crippen molar-refractivity contribution in [3.05, 3.63) is 146 Å². The van der Waals surface area contributed by atoms with E-state index in [0.29, 0.717) is 12.8 Å². The molecule has 0 rings (SSSR count). The number of phosphoric ester groups is 1. The van der Waals surface area contributed by atoms with Gasteiger partial charge in [-0.15, -0.1) is 0 Å². The summed E-state index contributed by atoms with van der Waals surface area (Å²) in [7, 11) is -4.40. The van der Waals surface area contributed by atoms with E-state index in [1.807, 2.05) is 0 Å². The van der Waals surface area contributed by atoms with E-state index < -0.39 is 32.5 Å². The smallest absolute Gasteiger partial charge is 0.462 e. The highest BCUT2D eigenvalue weighted by Crippen LogP contribution is 2.43. The normalized spacial score (nSPS) is 14.3. The molecule has 0 aromatic carbocycles. The van der Waals surface area contributed by atoms with Crippen LogP contribution in [0.25, 0.3) is 0 Å². The van der Waals surface area contributed by atoms with Crippen LogP contribution in [-0.4, -0.2) is 49.3 Å². The molecule has 0 aliphatic heterocycles. The number of rotatable bonds is 49. The number of hydrogen-bond donors (Lipinski definition) is 2. The molecule has 0 radical (unpaired) electrons. The number of hydrogen-bond acceptors (Lipinski definition) is 8. The second-order valence-electron chi connectivity index (χ2n) is 17.3. The van der Waals surface area contributed by atoms with E-state index in [9.17, 15) is 19.0 Å². The molecule has 2 atom stereocenters. The number of unbranched alkanes of at least 4 members (excludes halogenated alkanes) is 12. The average Bonchev–Trinajstić information content (AvgIpc) is 3.36. The fourth-order valence-corrected chi connectivity index (χ4v) is 7.52. The number of allylic oxidation sites excluding steroid dienone is 24. The van der Waals surface area contributed by atoms with Gasteiger partial charge in [-0.25, -0.2) is 4.57 Å². The van der Waals surface area contributed by atoms with Crippen LogP contribution in [0, 0.1) is 0 Å². The van der Waals surface area contributed by atoms with Gasteiger partial charge in [0.05, 0.1) is 13.2 Å². The molecule has 0 amide bonds. The molecule has 3 N–H and O–H groups in total. The number of phosphoric acid groups is 1. The van der Waals surface area contributed by atoms with Gasteiger partial charge in [0.15, 0.2) is 6.10 Å². The summed E-state index contributed by atoms with van der Waals surface area (Å²) in [5.41, 5.74) is 5.36. The lowest BCUT2D eigenvalue weighted by Crippen LogP contribution is -2.29. The van der Waals surface area contributed by atoms with Crippen LogP contribution < -0.4 is 5.73 Å². The Morgan fingerprint density at radius 1 is 0.423 bits per heavy atom. The average molecular weight is 1000 g/mol. The van der Waals surface area contributed by atoms with Crippen molar-refractivity contribution in [1.82, 2.24) is 0 Å². The summed E-state index contributed by atoms with van der Waals surface area (Å²) in [4.78, 5) is 35.0. The second-order valence-corrected chi connectivity index (χ2v) is 18.8. The molecule has 0 saturated heterocycles. The Bertz CT molecular complexity index is 1660. The lowest BCUT2D eigenvalue weighted by Gasteiger charge is -2.19. The molecular formula is C61H98NO8P. The first kappa shape index (κ1) is 66.9. The molecule has 0 fully saturated rings. The zero-order valence-corrected chi connectivity index (χ0v) is 45.3. The van der Waals surface area contributed by atoms with Gasteiger partial charge < -0.3 is 20.1 Å². The topological polar surface area (TPSA) is 134 Å². The van der Waals surface area contributed by atoms with Gasteiger partial charge in [-0.1, -0.05) is 211 Å². The standard InChI is InChI=1S/C61H98NO8P/c1-3-5-7-9-11-13-15-17-19-20-21-22-23-24-25-26-27-28-29-30-31-32-33-34-35-36-37-38-40-42-44-46-48-50-52-54-61(64)70-59(58-69-71(65,66)68-56-55-62)57-67-60(63)53-51-49-47-45-43-41-39-18-16-14-12-10-8-6-4-2/h5-8,11-14,17-19,21-22,24-25,27-28,30-31,33-34,39,43,45,59H,3-4,9-10,15-16,20,23,26,29,32,35-38,40-42,44,46-58,62H2,1-2H3,(H,65,66)/b7-5-,8-6-,13-11-,14-12-,19-17-,22-21-,25-24-,28-27-,31-30-,34-33-,39-18-,45-43-. The summed E-state index contributed by atoms with van der Waals surface area (Å²) in [6.45, 7) is 3.43. The van der Waals surface area contributed by atoms with Crippen molar-refractivity contribution in [3.8, 4) is 0 Å². The van der Waals surface area contributed by atoms with Crippen LogP contribution in [0.3, 0.4) is 0 Å². The van der Waals surface area contributed by atoms with Crippen LogP contribution in [0.5, 0.6) is 0 Å². The van der Waals surface area contributed by atoms with Crippen LogP contribution in [0.4, 0.5) is 0 Å². The zero-order chi connectivity index (χ0) is 51.7. The minimum absolute atomic E-state index is 0.0392. The molecule has 9 nitrogen and oxygen atoms in total. The molecule has 400 valence electrons. The van der Waals surface area contributed by atoms with Gasteiger partial charge in [0, 0.05) is 19.4 Å². The number of carbonyl (C=O) groups is 2. The molecule has 0 saturated carbocycles. The number of carbonyl (C=O) groups excluding carboxylic acids is 2. The van der Waals surface area contributed by atoms with E-state index in [1.54, 1.807) is 0 Å². The van der Waals surface area contributed by atoms with Crippen LogP contribution in [0.2, 0.25) is 0 Å². The zero-order valence-electron chi connectivity index (χ0n) is 44.4.